The number of hydrogen-bond donors (Lipinski definition) is 1. The highest BCUT2D eigenvalue weighted by atomic mass is 14.9. The number of unbranched alkanes of at least 4 members (excludes halogenated alkanes) is 5. The van der Waals surface area contributed by atoms with Gasteiger partial charge in [0.15, 0.2) is 0 Å². The minimum absolute atomic E-state index is 0.863. The Morgan fingerprint density at radius 3 is 1.67 bits per heavy atom. The van der Waals surface area contributed by atoms with Gasteiger partial charge in [0.05, 0.1) is 0 Å². The third-order valence-electron chi connectivity index (χ3n) is 4.27. The summed E-state index contributed by atoms with van der Waals surface area (Å²) in [5.74, 6) is 0. The van der Waals surface area contributed by atoms with Crippen molar-refractivity contribution in [2.75, 3.05) is 6.54 Å². The van der Waals surface area contributed by atoms with E-state index in [1.165, 1.54) is 64.3 Å². The summed E-state index contributed by atoms with van der Waals surface area (Å²) in [6, 6.07) is 0.863. The zero-order chi connectivity index (χ0) is 17.1. The van der Waals surface area contributed by atoms with Crippen LogP contribution in [0.5, 0.6) is 0 Å². The van der Waals surface area contributed by atoms with E-state index in [1.807, 2.05) is 0 Å². The van der Waals surface area contributed by atoms with Crippen molar-refractivity contribution >= 4 is 0 Å². The second kappa shape index (κ2) is 16.8. The normalized spacial score (nSPS) is 15.7. The summed E-state index contributed by atoms with van der Waals surface area (Å²) in [5, 5.41) is 3.57. The molecular formula is C23H39N. The standard InChI is InChI=1S/C23H39N/c1-2-3-4-5-6-7-8-9-10-11-12-13-14-15-16-17-18-19-22-24-23-20-21-23/h6-7,9-10,12-13,15-16,23-24H,2-5,8,11,14,17-22H2,1H3. The Balaban J connectivity index is 1.80. The van der Waals surface area contributed by atoms with Gasteiger partial charge in [-0.1, -0.05) is 68.4 Å². The van der Waals surface area contributed by atoms with Gasteiger partial charge in [0.2, 0.25) is 0 Å². The average molecular weight is 330 g/mol. The Morgan fingerprint density at radius 1 is 0.667 bits per heavy atom. The Hall–Kier alpha value is -1.08. The largest absolute Gasteiger partial charge is 0.314 e. The lowest BCUT2D eigenvalue weighted by atomic mass is 10.2. The highest BCUT2D eigenvalue weighted by Gasteiger charge is 2.19. The Kier molecular flexibility index (Phi) is 14.6. The third-order valence-corrected chi connectivity index (χ3v) is 4.27. The minimum Gasteiger partial charge on any atom is -0.314 e. The van der Waals surface area contributed by atoms with Crippen LogP contribution in [-0.4, -0.2) is 12.6 Å². The summed E-state index contributed by atoms with van der Waals surface area (Å²) in [4.78, 5) is 0. The van der Waals surface area contributed by atoms with Crippen LogP contribution in [0.2, 0.25) is 0 Å². The van der Waals surface area contributed by atoms with E-state index in [9.17, 15) is 0 Å². The molecule has 0 atom stereocenters. The summed E-state index contributed by atoms with van der Waals surface area (Å²) in [6.45, 7) is 3.46. The van der Waals surface area contributed by atoms with Gasteiger partial charge in [-0.05, 0) is 70.8 Å². The lowest BCUT2D eigenvalue weighted by Crippen LogP contribution is -2.17. The van der Waals surface area contributed by atoms with E-state index in [1.54, 1.807) is 0 Å². The monoisotopic (exact) mass is 329 g/mol. The van der Waals surface area contributed by atoms with Crippen molar-refractivity contribution in [3.05, 3.63) is 48.6 Å². The molecule has 136 valence electrons. The van der Waals surface area contributed by atoms with Crippen LogP contribution < -0.4 is 5.32 Å². The van der Waals surface area contributed by atoms with E-state index in [2.05, 4.69) is 60.8 Å². The molecule has 1 heteroatoms. The molecule has 0 saturated heterocycles. The highest BCUT2D eigenvalue weighted by Crippen LogP contribution is 2.18. The number of rotatable bonds is 16. The maximum Gasteiger partial charge on any atom is 0.00682 e. The predicted molar refractivity (Wildman–Crippen MR) is 109 cm³/mol. The number of nitrogens with one attached hydrogen (secondary N) is 1. The van der Waals surface area contributed by atoms with Gasteiger partial charge >= 0.3 is 0 Å². The molecule has 0 unspecified atom stereocenters. The van der Waals surface area contributed by atoms with Gasteiger partial charge in [0.25, 0.3) is 0 Å². The maximum absolute atomic E-state index is 3.57. The molecule has 0 aromatic heterocycles. The van der Waals surface area contributed by atoms with Gasteiger partial charge in [-0.25, -0.2) is 0 Å². The summed E-state index contributed by atoms with van der Waals surface area (Å²) < 4.78 is 0. The van der Waals surface area contributed by atoms with Gasteiger partial charge < -0.3 is 5.32 Å². The molecule has 0 aliphatic heterocycles. The van der Waals surface area contributed by atoms with E-state index in [0.717, 1.165) is 25.3 Å². The van der Waals surface area contributed by atoms with E-state index in [-0.39, 0.29) is 0 Å². The predicted octanol–water partition coefficient (Wildman–Crippen LogP) is 6.88. The fourth-order valence-electron chi connectivity index (χ4n) is 2.54. The number of allylic oxidation sites excluding steroid dienone is 8. The Labute approximate surface area is 151 Å². The smallest absolute Gasteiger partial charge is 0.00682 e. The first kappa shape index (κ1) is 21.0. The van der Waals surface area contributed by atoms with Crippen LogP contribution in [0.1, 0.15) is 84.0 Å². The van der Waals surface area contributed by atoms with Crippen molar-refractivity contribution in [3.8, 4) is 0 Å². The van der Waals surface area contributed by atoms with Crippen LogP contribution in [0.3, 0.4) is 0 Å². The first-order chi connectivity index (χ1) is 11.9. The molecule has 1 N–H and O–H groups in total. The summed E-state index contributed by atoms with van der Waals surface area (Å²) in [6.07, 6.45) is 33.4. The average Bonchev–Trinajstić information content (AvgIpc) is 3.41. The summed E-state index contributed by atoms with van der Waals surface area (Å²) >= 11 is 0. The Bertz CT molecular complexity index is 371. The lowest BCUT2D eigenvalue weighted by molar-refractivity contribution is 0.623. The SMILES string of the molecule is CCCCCC=CCC=CCC=CCC=CCCCCNC1CC1. The lowest BCUT2D eigenvalue weighted by Gasteiger charge is -1.99. The molecule has 0 radical (unpaired) electrons. The van der Waals surface area contributed by atoms with Crippen LogP contribution in [0.25, 0.3) is 0 Å². The van der Waals surface area contributed by atoms with Crippen molar-refractivity contribution in [3.63, 3.8) is 0 Å². The van der Waals surface area contributed by atoms with Crippen LogP contribution in [0.15, 0.2) is 48.6 Å². The van der Waals surface area contributed by atoms with E-state index in [0.29, 0.717) is 0 Å². The van der Waals surface area contributed by atoms with Crippen molar-refractivity contribution in [2.45, 2.75) is 90.0 Å². The molecule has 0 amide bonds. The minimum atomic E-state index is 0.863. The molecule has 1 aliphatic rings. The van der Waals surface area contributed by atoms with Gasteiger partial charge in [-0.15, -0.1) is 0 Å². The number of hydrogen-bond acceptors (Lipinski definition) is 1. The first-order valence-corrected chi connectivity index (χ1v) is 10.3. The quantitative estimate of drug-likeness (QED) is 0.240. The highest BCUT2D eigenvalue weighted by molar-refractivity contribution is 4.99. The third kappa shape index (κ3) is 15.8. The maximum atomic E-state index is 3.57. The van der Waals surface area contributed by atoms with Crippen LogP contribution >= 0.6 is 0 Å². The molecule has 0 aromatic carbocycles. The summed E-state index contributed by atoms with van der Waals surface area (Å²) in [5.41, 5.74) is 0. The fraction of sp³-hybridized carbons (Fsp3) is 0.652. The molecular weight excluding hydrogens is 290 g/mol. The molecule has 1 rings (SSSR count). The van der Waals surface area contributed by atoms with Crippen molar-refractivity contribution < 1.29 is 0 Å². The zero-order valence-corrected chi connectivity index (χ0v) is 15.9. The van der Waals surface area contributed by atoms with Crippen molar-refractivity contribution in [1.29, 1.82) is 0 Å². The molecule has 0 aromatic rings. The molecule has 0 bridgehead atoms. The fourth-order valence-corrected chi connectivity index (χ4v) is 2.54. The summed E-state index contributed by atoms with van der Waals surface area (Å²) in [7, 11) is 0. The molecule has 1 fully saturated rings. The van der Waals surface area contributed by atoms with Crippen molar-refractivity contribution in [2.24, 2.45) is 0 Å². The molecule has 1 saturated carbocycles. The van der Waals surface area contributed by atoms with Crippen LogP contribution in [0, 0.1) is 0 Å². The van der Waals surface area contributed by atoms with Crippen LogP contribution in [-0.2, 0) is 0 Å². The van der Waals surface area contributed by atoms with E-state index >= 15 is 0 Å². The second-order valence-corrected chi connectivity index (χ2v) is 6.81. The molecule has 0 heterocycles. The molecule has 24 heavy (non-hydrogen) atoms. The van der Waals surface area contributed by atoms with Crippen molar-refractivity contribution in [1.82, 2.24) is 5.32 Å². The first-order valence-electron chi connectivity index (χ1n) is 10.3. The molecule has 1 aliphatic carbocycles. The van der Waals surface area contributed by atoms with Crippen LogP contribution in [0.4, 0.5) is 0 Å². The van der Waals surface area contributed by atoms with Gasteiger partial charge in [-0.2, -0.15) is 0 Å². The zero-order valence-electron chi connectivity index (χ0n) is 15.9. The topological polar surface area (TPSA) is 12.0 Å². The van der Waals surface area contributed by atoms with E-state index in [4.69, 9.17) is 0 Å². The van der Waals surface area contributed by atoms with Gasteiger partial charge in [0.1, 0.15) is 0 Å². The molecule has 0 spiro atoms. The Morgan fingerprint density at radius 2 is 1.17 bits per heavy atom. The molecule has 1 nitrogen and oxygen atoms in total. The van der Waals surface area contributed by atoms with E-state index < -0.39 is 0 Å². The van der Waals surface area contributed by atoms with Gasteiger partial charge in [0, 0.05) is 6.04 Å². The second-order valence-electron chi connectivity index (χ2n) is 6.81. The van der Waals surface area contributed by atoms with Gasteiger partial charge in [-0.3, -0.25) is 0 Å².